The summed E-state index contributed by atoms with van der Waals surface area (Å²) >= 11 is 3.35. The highest BCUT2D eigenvalue weighted by Gasteiger charge is 2.24. The smallest absolute Gasteiger partial charge is 0.407 e. The molecule has 0 bridgehead atoms. The van der Waals surface area contributed by atoms with Crippen LogP contribution in [-0.4, -0.2) is 47.7 Å². The highest BCUT2D eigenvalue weighted by atomic mass is 79.9. The van der Waals surface area contributed by atoms with E-state index in [1.165, 1.54) is 4.90 Å². The highest BCUT2D eigenvalue weighted by Crippen LogP contribution is 2.24. The first kappa shape index (κ1) is 15.1. The maximum absolute atomic E-state index is 11.0. The second-order valence-corrected chi connectivity index (χ2v) is 5.34. The van der Waals surface area contributed by atoms with Crippen LogP contribution < -0.4 is 4.74 Å². The molecule has 20 heavy (non-hydrogen) atoms. The molecule has 0 radical (unpaired) electrons. The number of hydrogen-bond donors (Lipinski definition) is 1. The standard InChI is InChI=1S/C14H18BrNO4/c15-6-1-8-19-12-4-2-11(3-5-12)13-10-16(14(17)18)7-9-20-13/h2-5,13H,1,6-10H2,(H,17,18)/t13-/m1/s1. The second kappa shape index (κ2) is 7.50. The van der Waals surface area contributed by atoms with Crippen molar-refractivity contribution in [1.82, 2.24) is 4.90 Å². The Labute approximate surface area is 126 Å². The zero-order valence-corrected chi connectivity index (χ0v) is 12.7. The third kappa shape index (κ3) is 4.11. The van der Waals surface area contributed by atoms with E-state index in [4.69, 9.17) is 14.6 Å². The van der Waals surface area contributed by atoms with E-state index >= 15 is 0 Å². The van der Waals surface area contributed by atoms with Crippen LogP contribution in [0.15, 0.2) is 24.3 Å². The molecule has 1 fully saturated rings. The van der Waals surface area contributed by atoms with Gasteiger partial charge in [0, 0.05) is 11.9 Å². The van der Waals surface area contributed by atoms with Gasteiger partial charge in [-0.05, 0) is 24.1 Å². The first-order chi connectivity index (χ1) is 9.70. The van der Waals surface area contributed by atoms with Crippen LogP contribution in [-0.2, 0) is 4.74 Å². The first-order valence-corrected chi connectivity index (χ1v) is 7.71. The monoisotopic (exact) mass is 343 g/mol. The number of carboxylic acid groups (broad SMARTS) is 1. The van der Waals surface area contributed by atoms with Gasteiger partial charge in [-0.2, -0.15) is 0 Å². The molecule has 0 unspecified atom stereocenters. The number of benzene rings is 1. The van der Waals surface area contributed by atoms with Crippen molar-refractivity contribution in [3.05, 3.63) is 29.8 Å². The van der Waals surface area contributed by atoms with Gasteiger partial charge in [-0.1, -0.05) is 28.1 Å². The predicted octanol–water partition coefficient (Wildman–Crippen LogP) is 2.90. The van der Waals surface area contributed by atoms with Crippen LogP contribution in [0.3, 0.4) is 0 Å². The van der Waals surface area contributed by atoms with Crippen molar-refractivity contribution in [3.8, 4) is 5.75 Å². The summed E-state index contributed by atoms with van der Waals surface area (Å²) < 4.78 is 11.2. The molecule has 110 valence electrons. The van der Waals surface area contributed by atoms with Gasteiger partial charge in [0.05, 0.1) is 19.8 Å². The molecule has 1 aliphatic heterocycles. The van der Waals surface area contributed by atoms with E-state index in [0.717, 1.165) is 23.1 Å². The molecule has 0 spiro atoms. The average Bonchev–Trinajstić information content (AvgIpc) is 2.48. The van der Waals surface area contributed by atoms with E-state index in [0.29, 0.717) is 26.3 Å². The minimum absolute atomic E-state index is 0.198. The summed E-state index contributed by atoms with van der Waals surface area (Å²) in [4.78, 5) is 12.4. The van der Waals surface area contributed by atoms with Crippen LogP contribution >= 0.6 is 15.9 Å². The van der Waals surface area contributed by atoms with Crippen LogP contribution in [0.2, 0.25) is 0 Å². The average molecular weight is 344 g/mol. The van der Waals surface area contributed by atoms with Gasteiger partial charge in [-0.15, -0.1) is 0 Å². The number of ether oxygens (including phenoxy) is 2. The number of morpholine rings is 1. The molecule has 1 atom stereocenters. The van der Waals surface area contributed by atoms with E-state index in [1.807, 2.05) is 24.3 Å². The van der Waals surface area contributed by atoms with Crippen LogP contribution in [0.5, 0.6) is 5.75 Å². The van der Waals surface area contributed by atoms with Gasteiger partial charge in [0.25, 0.3) is 0 Å². The Morgan fingerprint density at radius 2 is 2.20 bits per heavy atom. The van der Waals surface area contributed by atoms with Gasteiger partial charge in [-0.3, -0.25) is 0 Å². The van der Waals surface area contributed by atoms with Crippen molar-refractivity contribution >= 4 is 22.0 Å². The first-order valence-electron chi connectivity index (χ1n) is 6.59. The third-order valence-corrected chi connectivity index (χ3v) is 3.70. The molecule has 1 N–H and O–H groups in total. The lowest BCUT2D eigenvalue weighted by atomic mass is 10.1. The molecular weight excluding hydrogens is 326 g/mol. The van der Waals surface area contributed by atoms with Crippen molar-refractivity contribution in [3.63, 3.8) is 0 Å². The minimum Gasteiger partial charge on any atom is -0.494 e. The highest BCUT2D eigenvalue weighted by molar-refractivity contribution is 9.09. The largest absolute Gasteiger partial charge is 0.494 e. The van der Waals surface area contributed by atoms with Crippen LogP contribution in [0.4, 0.5) is 4.79 Å². The zero-order valence-electron chi connectivity index (χ0n) is 11.1. The fraction of sp³-hybridized carbons (Fsp3) is 0.500. The molecule has 1 heterocycles. The fourth-order valence-corrected chi connectivity index (χ4v) is 2.28. The van der Waals surface area contributed by atoms with E-state index in [9.17, 15) is 4.79 Å². The zero-order chi connectivity index (χ0) is 14.4. The SMILES string of the molecule is O=C(O)N1CCO[C@@H](c2ccc(OCCCBr)cc2)C1. The second-order valence-electron chi connectivity index (χ2n) is 4.55. The van der Waals surface area contributed by atoms with Crippen molar-refractivity contribution < 1.29 is 19.4 Å². The Balaban J connectivity index is 1.93. The summed E-state index contributed by atoms with van der Waals surface area (Å²) in [7, 11) is 0. The maximum atomic E-state index is 11.0. The number of halogens is 1. The molecule has 2 rings (SSSR count). The van der Waals surface area contributed by atoms with E-state index in [-0.39, 0.29) is 6.10 Å². The molecule has 1 aromatic rings. The normalized spacial score (nSPS) is 18.9. The van der Waals surface area contributed by atoms with Gasteiger partial charge in [0.1, 0.15) is 11.9 Å². The number of amides is 1. The molecule has 1 aliphatic rings. The van der Waals surface area contributed by atoms with Crippen molar-refractivity contribution in [1.29, 1.82) is 0 Å². The number of hydrogen-bond acceptors (Lipinski definition) is 3. The summed E-state index contributed by atoms with van der Waals surface area (Å²) in [6.07, 6.45) is -0.134. The van der Waals surface area contributed by atoms with Gasteiger partial charge in [0.15, 0.2) is 0 Å². The minimum atomic E-state index is -0.895. The third-order valence-electron chi connectivity index (χ3n) is 3.14. The quantitative estimate of drug-likeness (QED) is 0.659. The van der Waals surface area contributed by atoms with Crippen LogP contribution in [0.1, 0.15) is 18.1 Å². The van der Waals surface area contributed by atoms with Crippen molar-refractivity contribution in [2.75, 3.05) is 31.6 Å². The van der Waals surface area contributed by atoms with E-state index in [2.05, 4.69) is 15.9 Å². The molecule has 0 saturated carbocycles. The van der Waals surface area contributed by atoms with Crippen LogP contribution in [0, 0.1) is 0 Å². The van der Waals surface area contributed by atoms with Gasteiger partial charge < -0.3 is 19.5 Å². The summed E-state index contributed by atoms with van der Waals surface area (Å²) in [6.45, 7) is 1.91. The number of alkyl halides is 1. The van der Waals surface area contributed by atoms with E-state index in [1.54, 1.807) is 0 Å². The Kier molecular flexibility index (Phi) is 5.67. The molecular formula is C14H18BrNO4. The Hall–Kier alpha value is -1.27. The Bertz CT molecular complexity index is 437. The lowest BCUT2D eigenvalue weighted by Gasteiger charge is -2.31. The van der Waals surface area contributed by atoms with Gasteiger partial charge >= 0.3 is 6.09 Å². The summed E-state index contributed by atoms with van der Waals surface area (Å²) in [6, 6.07) is 7.65. The van der Waals surface area contributed by atoms with Gasteiger partial charge in [0.2, 0.25) is 0 Å². The molecule has 0 aliphatic carbocycles. The number of rotatable bonds is 5. The Morgan fingerprint density at radius 3 is 2.85 bits per heavy atom. The molecule has 5 nitrogen and oxygen atoms in total. The lowest BCUT2D eigenvalue weighted by Crippen LogP contribution is -2.41. The lowest BCUT2D eigenvalue weighted by molar-refractivity contribution is -0.0232. The molecule has 1 aromatic carbocycles. The van der Waals surface area contributed by atoms with Crippen LogP contribution in [0.25, 0.3) is 0 Å². The Morgan fingerprint density at radius 1 is 1.45 bits per heavy atom. The molecule has 1 saturated heterocycles. The van der Waals surface area contributed by atoms with Gasteiger partial charge in [-0.25, -0.2) is 4.79 Å². The summed E-state index contributed by atoms with van der Waals surface area (Å²) in [5, 5.41) is 9.94. The van der Waals surface area contributed by atoms with Crippen molar-refractivity contribution in [2.45, 2.75) is 12.5 Å². The topological polar surface area (TPSA) is 59.0 Å². The fourth-order valence-electron chi connectivity index (χ4n) is 2.05. The molecule has 1 amide bonds. The summed E-state index contributed by atoms with van der Waals surface area (Å²) in [5.41, 5.74) is 0.976. The number of nitrogens with zero attached hydrogens (tertiary/aromatic N) is 1. The predicted molar refractivity (Wildman–Crippen MR) is 78.6 cm³/mol. The number of carbonyl (C=O) groups is 1. The molecule has 0 aromatic heterocycles. The van der Waals surface area contributed by atoms with E-state index < -0.39 is 6.09 Å². The maximum Gasteiger partial charge on any atom is 0.407 e. The summed E-state index contributed by atoms with van der Waals surface area (Å²) in [5.74, 6) is 0.820. The molecule has 6 heteroatoms. The van der Waals surface area contributed by atoms with Crippen molar-refractivity contribution in [2.24, 2.45) is 0 Å².